The van der Waals surface area contributed by atoms with Gasteiger partial charge in [0, 0.05) is 28.8 Å². The molecule has 1 N–H and O–H groups in total. The van der Waals surface area contributed by atoms with Gasteiger partial charge in [0.25, 0.3) is 5.91 Å². The molecule has 0 saturated heterocycles. The van der Waals surface area contributed by atoms with E-state index in [1.165, 1.54) is 5.56 Å². The van der Waals surface area contributed by atoms with Crippen LogP contribution in [0.1, 0.15) is 38.8 Å². The maximum atomic E-state index is 12.7. The average Bonchev–Trinajstić information content (AvgIpc) is 3.46. The molecule has 0 fully saturated rings. The van der Waals surface area contributed by atoms with Crippen LogP contribution in [0, 0.1) is 6.92 Å². The molecule has 1 aliphatic rings. The maximum absolute atomic E-state index is 12.7. The zero-order valence-electron chi connectivity index (χ0n) is 16.4. The molecular weight excluding hydrogens is 402 g/mol. The lowest BCUT2D eigenvalue weighted by Crippen LogP contribution is -2.22. The number of fused-ring (bicyclic) bond motifs is 3. The quantitative estimate of drug-likeness (QED) is 0.503. The smallest absolute Gasteiger partial charge is 0.287 e. The van der Waals surface area contributed by atoms with Crippen LogP contribution in [0.15, 0.2) is 57.7 Å². The van der Waals surface area contributed by atoms with Gasteiger partial charge >= 0.3 is 0 Å². The zero-order valence-corrected chi connectivity index (χ0v) is 17.2. The fraction of sp³-hybridized carbons (Fsp3) is 0.217. The average molecular weight is 422 g/mol. The predicted molar refractivity (Wildman–Crippen MR) is 113 cm³/mol. The van der Waals surface area contributed by atoms with Crippen LogP contribution in [0.25, 0.3) is 11.3 Å². The molecule has 3 heterocycles. The summed E-state index contributed by atoms with van der Waals surface area (Å²) >= 11 is 5.98. The van der Waals surface area contributed by atoms with E-state index in [4.69, 9.17) is 25.5 Å². The second-order valence-electron chi connectivity index (χ2n) is 7.44. The van der Waals surface area contributed by atoms with Crippen LogP contribution in [-0.4, -0.2) is 15.7 Å². The molecule has 0 atom stereocenters. The second-order valence-corrected chi connectivity index (χ2v) is 7.88. The number of aromatic nitrogens is 2. The lowest BCUT2D eigenvalue weighted by atomic mass is 9.93. The minimum Gasteiger partial charge on any atom is -0.467 e. The van der Waals surface area contributed by atoms with Crippen LogP contribution in [-0.2, 0) is 25.9 Å². The topological polar surface area (TPSA) is 73.2 Å². The SMILES string of the molecule is Cc1c(C(=O)NCc2ccco2)oc2c1-c1nn(Cc3ccc(Cl)cc3)cc1CC2. The molecule has 4 aromatic rings. The summed E-state index contributed by atoms with van der Waals surface area (Å²) in [4.78, 5) is 12.7. The van der Waals surface area contributed by atoms with Gasteiger partial charge in [-0.25, -0.2) is 0 Å². The summed E-state index contributed by atoms with van der Waals surface area (Å²) in [7, 11) is 0. The Balaban J connectivity index is 1.40. The summed E-state index contributed by atoms with van der Waals surface area (Å²) in [6.07, 6.45) is 5.25. The number of amides is 1. The van der Waals surface area contributed by atoms with Crippen molar-refractivity contribution in [2.24, 2.45) is 0 Å². The molecule has 152 valence electrons. The van der Waals surface area contributed by atoms with Crippen molar-refractivity contribution in [1.29, 1.82) is 0 Å². The molecule has 0 unspecified atom stereocenters. The molecular formula is C23H20ClN3O3. The summed E-state index contributed by atoms with van der Waals surface area (Å²) < 4.78 is 13.2. The standard InChI is InChI=1S/C23H20ClN3O3/c1-14-20-19(30-22(14)23(28)25-11-18-3-2-10-29-18)9-6-16-13-27(26-21(16)20)12-15-4-7-17(24)8-5-15/h2-5,7-8,10,13H,6,9,11-12H2,1H3,(H,25,28). The molecule has 0 spiro atoms. The molecule has 0 aliphatic heterocycles. The van der Waals surface area contributed by atoms with E-state index in [-0.39, 0.29) is 5.91 Å². The van der Waals surface area contributed by atoms with E-state index in [0.29, 0.717) is 24.6 Å². The second kappa shape index (κ2) is 7.54. The molecule has 3 aromatic heterocycles. The molecule has 0 radical (unpaired) electrons. The van der Waals surface area contributed by atoms with Gasteiger partial charge in [-0.3, -0.25) is 9.48 Å². The van der Waals surface area contributed by atoms with Crippen molar-refractivity contribution in [2.75, 3.05) is 0 Å². The van der Waals surface area contributed by atoms with Crippen molar-refractivity contribution in [2.45, 2.75) is 32.9 Å². The van der Waals surface area contributed by atoms with Crippen molar-refractivity contribution in [1.82, 2.24) is 15.1 Å². The first-order valence-electron chi connectivity index (χ1n) is 9.82. The van der Waals surface area contributed by atoms with E-state index in [2.05, 4.69) is 11.5 Å². The molecule has 1 aliphatic carbocycles. The molecule has 1 aromatic carbocycles. The van der Waals surface area contributed by atoms with Gasteiger partial charge in [0.2, 0.25) is 0 Å². The van der Waals surface area contributed by atoms with E-state index >= 15 is 0 Å². The lowest BCUT2D eigenvalue weighted by molar-refractivity contribution is 0.0917. The van der Waals surface area contributed by atoms with Gasteiger partial charge in [0.05, 0.1) is 25.0 Å². The van der Waals surface area contributed by atoms with Crippen LogP contribution in [0.2, 0.25) is 5.02 Å². The fourth-order valence-corrected chi connectivity index (χ4v) is 4.02. The van der Waals surface area contributed by atoms with Crippen LogP contribution >= 0.6 is 11.6 Å². The Labute approximate surface area is 178 Å². The highest BCUT2D eigenvalue weighted by Gasteiger charge is 2.29. The summed E-state index contributed by atoms with van der Waals surface area (Å²) in [6, 6.07) is 11.4. The number of nitrogens with zero attached hydrogens (tertiary/aromatic N) is 2. The number of aryl methyl sites for hydroxylation is 2. The highest BCUT2D eigenvalue weighted by atomic mass is 35.5. The Morgan fingerprint density at radius 1 is 1.23 bits per heavy atom. The molecule has 0 bridgehead atoms. The molecule has 5 rings (SSSR count). The number of hydrogen-bond acceptors (Lipinski definition) is 4. The maximum Gasteiger partial charge on any atom is 0.287 e. The van der Waals surface area contributed by atoms with Crippen LogP contribution in [0.3, 0.4) is 0 Å². The van der Waals surface area contributed by atoms with Crippen molar-refractivity contribution in [3.05, 3.63) is 87.9 Å². The van der Waals surface area contributed by atoms with Crippen molar-refractivity contribution >= 4 is 17.5 Å². The fourth-order valence-electron chi connectivity index (χ4n) is 3.90. The Kier molecular flexibility index (Phi) is 4.71. The number of carbonyl (C=O) groups is 1. The summed E-state index contributed by atoms with van der Waals surface area (Å²) in [5, 5.41) is 8.38. The van der Waals surface area contributed by atoms with Gasteiger partial charge in [-0.05, 0) is 48.7 Å². The first-order valence-corrected chi connectivity index (χ1v) is 10.2. The lowest BCUT2D eigenvalue weighted by Gasteiger charge is -2.09. The first-order chi connectivity index (χ1) is 14.6. The number of carbonyl (C=O) groups excluding carboxylic acids is 1. The third-order valence-corrected chi connectivity index (χ3v) is 5.63. The number of rotatable bonds is 5. The Morgan fingerprint density at radius 2 is 2.07 bits per heavy atom. The first kappa shape index (κ1) is 18.8. The van der Waals surface area contributed by atoms with Gasteiger partial charge in [-0.2, -0.15) is 5.10 Å². The number of benzene rings is 1. The number of furan rings is 2. The van der Waals surface area contributed by atoms with E-state index in [1.807, 2.05) is 41.9 Å². The van der Waals surface area contributed by atoms with Gasteiger partial charge < -0.3 is 14.2 Å². The van der Waals surface area contributed by atoms with E-state index in [1.54, 1.807) is 12.3 Å². The minimum absolute atomic E-state index is 0.250. The van der Waals surface area contributed by atoms with E-state index in [0.717, 1.165) is 46.0 Å². The molecule has 6 nitrogen and oxygen atoms in total. The molecule has 1 amide bonds. The van der Waals surface area contributed by atoms with Crippen molar-refractivity contribution in [3.63, 3.8) is 0 Å². The highest BCUT2D eigenvalue weighted by Crippen LogP contribution is 2.38. The minimum atomic E-state index is -0.250. The monoisotopic (exact) mass is 421 g/mol. The number of halogens is 1. The third kappa shape index (κ3) is 3.44. The van der Waals surface area contributed by atoms with Gasteiger partial charge in [0.1, 0.15) is 11.5 Å². The number of hydrogen-bond donors (Lipinski definition) is 1. The molecule has 0 saturated carbocycles. The van der Waals surface area contributed by atoms with Crippen LogP contribution < -0.4 is 5.32 Å². The largest absolute Gasteiger partial charge is 0.467 e. The normalized spacial score (nSPS) is 12.5. The molecule has 7 heteroatoms. The predicted octanol–water partition coefficient (Wildman–Crippen LogP) is 4.77. The summed E-state index contributed by atoms with van der Waals surface area (Å²) in [5.74, 6) is 1.60. The Morgan fingerprint density at radius 3 is 2.83 bits per heavy atom. The highest BCUT2D eigenvalue weighted by molar-refractivity contribution is 6.30. The number of nitrogens with one attached hydrogen (secondary N) is 1. The van der Waals surface area contributed by atoms with E-state index in [9.17, 15) is 4.79 Å². The van der Waals surface area contributed by atoms with Crippen LogP contribution in [0.4, 0.5) is 0 Å². The van der Waals surface area contributed by atoms with Gasteiger partial charge in [0.15, 0.2) is 5.76 Å². The summed E-state index contributed by atoms with van der Waals surface area (Å²) in [6.45, 7) is 2.89. The zero-order chi connectivity index (χ0) is 20.7. The van der Waals surface area contributed by atoms with Crippen molar-refractivity contribution < 1.29 is 13.6 Å². The van der Waals surface area contributed by atoms with Gasteiger partial charge in [-0.1, -0.05) is 23.7 Å². The van der Waals surface area contributed by atoms with Crippen molar-refractivity contribution in [3.8, 4) is 11.3 Å². The Hall–Kier alpha value is -3.25. The molecule has 30 heavy (non-hydrogen) atoms. The summed E-state index contributed by atoms with van der Waals surface area (Å²) in [5.41, 5.74) is 4.95. The Bertz CT molecular complexity index is 1200. The third-order valence-electron chi connectivity index (χ3n) is 5.38. The van der Waals surface area contributed by atoms with E-state index < -0.39 is 0 Å². The van der Waals surface area contributed by atoms with Crippen LogP contribution in [0.5, 0.6) is 0 Å². The van der Waals surface area contributed by atoms with Gasteiger partial charge in [-0.15, -0.1) is 0 Å².